The number of nitrogens with two attached hydrogens (primary N) is 1. The lowest BCUT2D eigenvalue weighted by Gasteiger charge is -2.30. The van der Waals surface area contributed by atoms with E-state index >= 15 is 0 Å². The van der Waals surface area contributed by atoms with Crippen LogP contribution in [0.25, 0.3) is 10.6 Å². The van der Waals surface area contributed by atoms with Crippen LogP contribution in [0.3, 0.4) is 0 Å². The molecule has 0 amide bonds. The van der Waals surface area contributed by atoms with Gasteiger partial charge in [-0.1, -0.05) is 6.92 Å². The maximum atomic E-state index is 6.04. The smallest absolute Gasteiger partial charge is 0.225 e. The van der Waals surface area contributed by atoms with Crippen molar-refractivity contribution < 1.29 is 0 Å². The van der Waals surface area contributed by atoms with E-state index in [9.17, 15) is 0 Å². The molecule has 0 saturated carbocycles. The predicted molar refractivity (Wildman–Crippen MR) is 84.1 cm³/mol. The fourth-order valence-corrected chi connectivity index (χ4v) is 3.45. The third-order valence-corrected chi connectivity index (χ3v) is 4.90. The molecule has 106 valence electrons. The summed E-state index contributed by atoms with van der Waals surface area (Å²) in [7, 11) is 0. The van der Waals surface area contributed by atoms with E-state index in [0.717, 1.165) is 44.0 Å². The van der Waals surface area contributed by atoms with Crippen LogP contribution in [-0.4, -0.2) is 29.1 Å². The van der Waals surface area contributed by atoms with Crippen LogP contribution in [0.4, 0.5) is 5.95 Å². The van der Waals surface area contributed by atoms with E-state index in [1.807, 2.05) is 23.6 Å². The summed E-state index contributed by atoms with van der Waals surface area (Å²) in [4.78, 5) is 13.9. The number of aromatic nitrogens is 2. The minimum Gasteiger partial charge on any atom is -0.339 e. The van der Waals surface area contributed by atoms with Crippen molar-refractivity contribution in [3.8, 4) is 10.6 Å². The highest BCUT2D eigenvalue weighted by Crippen LogP contribution is 2.28. The lowest BCUT2D eigenvalue weighted by molar-refractivity contribution is 0.500. The molecular weight excluding hydrogens is 268 g/mol. The van der Waals surface area contributed by atoms with Gasteiger partial charge in [-0.05, 0) is 37.5 Å². The first-order valence-electron chi connectivity index (χ1n) is 7.19. The zero-order valence-electron chi connectivity index (χ0n) is 11.7. The predicted octanol–water partition coefficient (Wildman–Crippen LogP) is 2.70. The van der Waals surface area contributed by atoms with E-state index < -0.39 is 0 Å². The molecule has 1 fully saturated rings. The van der Waals surface area contributed by atoms with Crippen LogP contribution in [0.5, 0.6) is 0 Å². The van der Waals surface area contributed by atoms with Gasteiger partial charge in [-0.3, -0.25) is 0 Å². The van der Waals surface area contributed by atoms with Crippen molar-refractivity contribution in [2.24, 2.45) is 5.73 Å². The van der Waals surface area contributed by atoms with Gasteiger partial charge in [-0.25, -0.2) is 9.97 Å². The number of nitrogens with zero attached hydrogens (tertiary/aromatic N) is 3. The van der Waals surface area contributed by atoms with Crippen molar-refractivity contribution in [2.75, 3.05) is 18.0 Å². The van der Waals surface area contributed by atoms with Gasteiger partial charge in [-0.15, -0.1) is 11.3 Å². The molecular formula is C15H20N4S. The molecule has 0 radical (unpaired) electrons. The lowest BCUT2D eigenvalue weighted by atomic mass is 10.1. The van der Waals surface area contributed by atoms with E-state index in [1.54, 1.807) is 0 Å². The molecule has 0 bridgehead atoms. The van der Waals surface area contributed by atoms with Gasteiger partial charge in [-0.2, -0.15) is 0 Å². The van der Waals surface area contributed by atoms with Crippen molar-refractivity contribution in [3.63, 3.8) is 0 Å². The second-order valence-corrected chi connectivity index (χ2v) is 6.38. The first kappa shape index (κ1) is 13.5. The number of thiophene rings is 1. The number of anilines is 1. The standard InChI is InChI=1S/C15H20N4S/c1-2-12-5-6-14(20-12)13-7-8-17-15(18-13)19-9-3-4-11(16)10-19/h5-8,11H,2-4,9-10,16H2,1H3. The number of piperidine rings is 1. The van der Waals surface area contributed by atoms with Gasteiger partial charge in [0.2, 0.25) is 5.95 Å². The maximum absolute atomic E-state index is 6.04. The normalized spacial score (nSPS) is 19.3. The number of hydrogen-bond acceptors (Lipinski definition) is 5. The van der Waals surface area contributed by atoms with Gasteiger partial charge in [0.05, 0.1) is 10.6 Å². The summed E-state index contributed by atoms with van der Waals surface area (Å²) >= 11 is 1.81. The molecule has 5 heteroatoms. The molecule has 3 heterocycles. The summed E-state index contributed by atoms with van der Waals surface area (Å²) in [5.74, 6) is 0.809. The average molecular weight is 288 g/mol. The second kappa shape index (κ2) is 5.89. The maximum Gasteiger partial charge on any atom is 0.225 e. The molecule has 3 rings (SSSR count). The quantitative estimate of drug-likeness (QED) is 0.943. The van der Waals surface area contributed by atoms with Gasteiger partial charge in [0, 0.05) is 30.2 Å². The third-order valence-electron chi connectivity index (χ3n) is 3.65. The fraction of sp³-hybridized carbons (Fsp3) is 0.467. The molecule has 1 aliphatic rings. The van der Waals surface area contributed by atoms with Crippen LogP contribution in [0.1, 0.15) is 24.6 Å². The van der Waals surface area contributed by atoms with Gasteiger partial charge >= 0.3 is 0 Å². The van der Waals surface area contributed by atoms with E-state index in [2.05, 4.69) is 28.9 Å². The Morgan fingerprint density at radius 3 is 3.05 bits per heavy atom. The van der Waals surface area contributed by atoms with Crippen LogP contribution in [0.15, 0.2) is 24.4 Å². The monoisotopic (exact) mass is 288 g/mol. The summed E-state index contributed by atoms with van der Waals surface area (Å²) < 4.78 is 0. The Balaban J connectivity index is 1.85. The molecule has 4 nitrogen and oxygen atoms in total. The van der Waals surface area contributed by atoms with Crippen LogP contribution in [-0.2, 0) is 6.42 Å². The van der Waals surface area contributed by atoms with Crippen molar-refractivity contribution >= 4 is 17.3 Å². The molecule has 20 heavy (non-hydrogen) atoms. The zero-order chi connectivity index (χ0) is 13.9. The first-order chi connectivity index (χ1) is 9.76. The average Bonchev–Trinajstić information content (AvgIpc) is 2.96. The van der Waals surface area contributed by atoms with Crippen LogP contribution in [0.2, 0.25) is 0 Å². The molecule has 0 spiro atoms. The molecule has 1 atom stereocenters. The SMILES string of the molecule is CCc1ccc(-c2ccnc(N3CCCC(N)C3)n2)s1. The van der Waals surface area contributed by atoms with Crippen LogP contribution in [0, 0.1) is 0 Å². The number of aryl methyl sites for hydroxylation is 1. The summed E-state index contributed by atoms with van der Waals surface area (Å²) in [6, 6.07) is 6.55. The van der Waals surface area contributed by atoms with Crippen LogP contribution < -0.4 is 10.6 Å². The van der Waals surface area contributed by atoms with Gasteiger partial charge < -0.3 is 10.6 Å². The molecule has 2 N–H and O–H groups in total. The molecule has 1 saturated heterocycles. The Bertz CT molecular complexity index is 581. The summed E-state index contributed by atoms with van der Waals surface area (Å²) in [6.07, 6.45) is 5.14. The highest BCUT2D eigenvalue weighted by atomic mass is 32.1. The molecule has 1 aliphatic heterocycles. The Kier molecular flexibility index (Phi) is 3.98. The summed E-state index contributed by atoms with van der Waals surface area (Å²) in [6.45, 7) is 4.03. The number of rotatable bonds is 3. The summed E-state index contributed by atoms with van der Waals surface area (Å²) in [5.41, 5.74) is 7.05. The lowest BCUT2D eigenvalue weighted by Crippen LogP contribution is -2.43. The van der Waals surface area contributed by atoms with Gasteiger partial charge in [0.1, 0.15) is 0 Å². The van der Waals surface area contributed by atoms with Gasteiger partial charge in [0.25, 0.3) is 0 Å². The fourth-order valence-electron chi connectivity index (χ4n) is 2.54. The largest absolute Gasteiger partial charge is 0.339 e. The molecule has 0 aromatic carbocycles. The minimum atomic E-state index is 0.240. The Morgan fingerprint density at radius 1 is 1.40 bits per heavy atom. The molecule has 1 unspecified atom stereocenters. The first-order valence-corrected chi connectivity index (χ1v) is 8.00. The topological polar surface area (TPSA) is 55.0 Å². The van der Waals surface area contributed by atoms with Gasteiger partial charge in [0.15, 0.2) is 0 Å². The van der Waals surface area contributed by atoms with Crippen molar-refractivity contribution in [1.82, 2.24) is 9.97 Å². The third kappa shape index (κ3) is 2.83. The van der Waals surface area contributed by atoms with E-state index in [-0.39, 0.29) is 6.04 Å². The Labute approximate surface area is 123 Å². The van der Waals surface area contributed by atoms with E-state index in [4.69, 9.17) is 10.7 Å². The zero-order valence-corrected chi connectivity index (χ0v) is 12.6. The molecule has 0 aliphatic carbocycles. The number of hydrogen-bond donors (Lipinski definition) is 1. The van der Waals surface area contributed by atoms with Crippen molar-refractivity contribution in [2.45, 2.75) is 32.2 Å². The highest BCUT2D eigenvalue weighted by molar-refractivity contribution is 7.15. The summed E-state index contributed by atoms with van der Waals surface area (Å²) in [5, 5.41) is 0. The van der Waals surface area contributed by atoms with E-state index in [0.29, 0.717) is 0 Å². The highest BCUT2D eigenvalue weighted by Gasteiger charge is 2.19. The minimum absolute atomic E-state index is 0.240. The van der Waals surface area contributed by atoms with Crippen molar-refractivity contribution in [1.29, 1.82) is 0 Å². The van der Waals surface area contributed by atoms with Crippen LogP contribution >= 0.6 is 11.3 Å². The molecule has 2 aromatic rings. The second-order valence-electron chi connectivity index (χ2n) is 5.21. The molecule has 2 aromatic heterocycles. The van der Waals surface area contributed by atoms with Crippen molar-refractivity contribution in [3.05, 3.63) is 29.3 Å². The Hall–Kier alpha value is -1.46. The Morgan fingerprint density at radius 2 is 2.30 bits per heavy atom. The van der Waals surface area contributed by atoms with E-state index in [1.165, 1.54) is 9.75 Å².